The lowest BCUT2D eigenvalue weighted by atomic mass is 9.87. The first-order valence-corrected chi connectivity index (χ1v) is 5.11. The van der Waals surface area contributed by atoms with E-state index in [-0.39, 0.29) is 13.0 Å². The number of carbonyl (C=O) groups excluding carboxylic acids is 1. The molecule has 1 aromatic rings. The van der Waals surface area contributed by atoms with Gasteiger partial charge in [-0.1, -0.05) is 6.07 Å². The van der Waals surface area contributed by atoms with Gasteiger partial charge in [0, 0.05) is 18.3 Å². The van der Waals surface area contributed by atoms with Gasteiger partial charge in [-0.25, -0.2) is 0 Å². The van der Waals surface area contributed by atoms with E-state index in [0.717, 1.165) is 0 Å². The SMILES string of the molecule is CCOC(=O)C(C)(C#N)Cc1ccccn1. The summed E-state index contributed by atoms with van der Waals surface area (Å²) in [5.41, 5.74) is -0.454. The van der Waals surface area contributed by atoms with Crippen molar-refractivity contribution in [3.63, 3.8) is 0 Å². The third kappa shape index (κ3) is 2.80. The van der Waals surface area contributed by atoms with Gasteiger partial charge in [-0.15, -0.1) is 0 Å². The van der Waals surface area contributed by atoms with Gasteiger partial charge in [0.25, 0.3) is 0 Å². The summed E-state index contributed by atoms with van der Waals surface area (Å²) >= 11 is 0. The molecule has 16 heavy (non-hydrogen) atoms. The van der Waals surface area contributed by atoms with Crippen molar-refractivity contribution in [2.45, 2.75) is 20.3 Å². The Morgan fingerprint density at radius 3 is 2.88 bits per heavy atom. The van der Waals surface area contributed by atoms with E-state index < -0.39 is 11.4 Å². The van der Waals surface area contributed by atoms with E-state index in [1.165, 1.54) is 0 Å². The molecule has 4 nitrogen and oxygen atoms in total. The number of rotatable bonds is 4. The molecule has 0 radical (unpaired) electrons. The summed E-state index contributed by atoms with van der Waals surface area (Å²) in [5.74, 6) is -0.497. The Kier molecular flexibility index (Phi) is 4.01. The lowest BCUT2D eigenvalue weighted by Crippen LogP contribution is -2.31. The van der Waals surface area contributed by atoms with Crippen molar-refractivity contribution in [1.29, 1.82) is 5.26 Å². The Morgan fingerprint density at radius 2 is 2.38 bits per heavy atom. The summed E-state index contributed by atoms with van der Waals surface area (Å²) in [5, 5.41) is 9.07. The number of nitriles is 1. The number of ether oxygens (including phenoxy) is 1. The Hall–Kier alpha value is -1.89. The van der Waals surface area contributed by atoms with E-state index >= 15 is 0 Å². The average Bonchev–Trinajstić information content (AvgIpc) is 2.30. The van der Waals surface area contributed by atoms with E-state index in [1.807, 2.05) is 12.1 Å². The second-order valence-electron chi connectivity index (χ2n) is 3.66. The molecule has 1 unspecified atom stereocenters. The van der Waals surface area contributed by atoms with Crippen molar-refractivity contribution < 1.29 is 9.53 Å². The summed E-state index contributed by atoms with van der Waals surface area (Å²) in [6.07, 6.45) is 1.90. The molecule has 0 saturated carbocycles. The van der Waals surface area contributed by atoms with Crippen LogP contribution in [0.3, 0.4) is 0 Å². The maximum atomic E-state index is 11.6. The van der Waals surface area contributed by atoms with E-state index in [1.54, 1.807) is 32.2 Å². The maximum Gasteiger partial charge on any atom is 0.326 e. The van der Waals surface area contributed by atoms with E-state index in [2.05, 4.69) is 4.98 Å². The van der Waals surface area contributed by atoms with Gasteiger partial charge in [-0.2, -0.15) is 5.26 Å². The summed E-state index contributed by atoms with van der Waals surface area (Å²) < 4.78 is 4.88. The summed E-state index contributed by atoms with van der Waals surface area (Å²) in [7, 11) is 0. The van der Waals surface area contributed by atoms with Gasteiger partial charge in [0.2, 0.25) is 0 Å². The molecule has 84 valence electrons. The smallest absolute Gasteiger partial charge is 0.326 e. The zero-order valence-corrected chi connectivity index (χ0v) is 9.43. The highest BCUT2D eigenvalue weighted by molar-refractivity contribution is 5.79. The molecule has 1 aromatic heterocycles. The molecular weight excluding hydrogens is 204 g/mol. The fourth-order valence-corrected chi connectivity index (χ4v) is 1.31. The zero-order chi connectivity index (χ0) is 12.0. The van der Waals surface area contributed by atoms with Crippen LogP contribution in [0.15, 0.2) is 24.4 Å². The first-order chi connectivity index (χ1) is 7.62. The van der Waals surface area contributed by atoms with Gasteiger partial charge >= 0.3 is 5.97 Å². The molecule has 0 aromatic carbocycles. The van der Waals surface area contributed by atoms with Gasteiger partial charge in [0.05, 0.1) is 12.7 Å². The largest absolute Gasteiger partial charge is 0.465 e. The van der Waals surface area contributed by atoms with Crippen LogP contribution in [0.2, 0.25) is 0 Å². The molecule has 1 rings (SSSR count). The van der Waals surface area contributed by atoms with E-state index in [4.69, 9.17) is 10.00 Å². The first-order valence-electron chi connectivity index (χ1n) is 5.11. The number of aromatic nitrogens is 1. The van der Waals surface area contributed by atoms with Crippen molar-refractivity contribution in [2.75, 3.05) is 6.61 Å². The molecule has 0 amide bonds. The fraction of sp³-hybridized carbons (Fsp3) is 0.417. The third-order valence-electron chi connectivity index (χ3n) is 2.23. The van der Waals surface area contributed by atoms with Crippen molar-refractivity contribution in [2.24, 2.45) is 5.41 Å². The van der Waals surface area contributed by atoms with E-state index in [9.17, 15) is 4.79 Å². The molecular formula is C12H14N2O2. The molecule has 0 aliphatic carbocycles. The van der Waals surface area contributed by atoms with Gasteiger partial charge in [-0.3, -0.25) is 9.78 Å². The normalized spacial score (nSPS) is 13.6. The fourth-order valence-electron chi connectivity index (χ4n) is 1.31. The molecule has 0 aliphatic rings. The summed E-state index contributed by atoms with van der Waals surface area (Å²) in [6, 6.07) is 7.40. The maximum absolute atomic E-state index is 11.6. The highest BCUT2D eigenvalue weighted by Gasteiger charge is 2.35. The zero-order valence-electron chi connectivity index (χ0n) is 9.43. The third-order valence-corrected chi connectivity index (χ3v) is 2.23. The van der Waals surface area contributed by atoms with Crippen molar-refractivity contribution in [3.8, 4) is 6.07 Å². The minimum atomic E-state index is -1.16. The van der Waals surface area contributed by atoms with Gasteiger partial charge in [-0.05, 0) is 26.0 Å². The Balaban J connectivity index is 2.83. The van der Waals surface area contributed by atoms with E-state index in [0.29, 0.717) is 5.69 Å². The van der Waals surface area contributed by atoms with Crippen LogP contribution >= 0.6 is 0 Å². The standard InChI is InChI=1S/C12H14N2O2/c1-3-16-11(15)12(2,9-13)8-10-6-4-5-7-14-10/h4-7H,3,8H2,1-2H3. The van der Waals surface area contributed by atoms with Crippen LogP contribution in [-0.4, -0.2) is 17.6 Å². The molecule has 0 aliphatic heterocycles. The topological polar surface area (TPSA) is 63.0 Å². The quantitative estimate of drug-likeness (QED) is 0.722. The molecule has 4 heteroatoms. The van der Waals surface area contributed by atoms with Crippen LogP contribution in [0.1, 0.15) is 19.5 Å². The number of carbonyl (C=O) groups is 1. The van der Waals surface area contributed by atoms with Crippen molar-refractivity contribution >= 4 is 5.97 Å². The molecule has 1 atom stereocenters. The van der Waals surface area contributed by atoms with Crippen LogP contribution in [0.4, 0.5) is 0 Å². The number of nitrogens with zero attached hydrogens (tertiary/aromatic N) is 2. The van der Waals surface area contributed by atoms with Crippen LogP contribution in [-0.2, 0) is 16.0 Å². The molecule has 0 saturated heterocycles. The minimum Gasteiger partial charge on any atom is -0.465 e. The average molecular weight is 218 g/mol. The highest BCUT2D eigenvalue weighted by Crippen LogP contribution is 2.22. The molecule has 1 heterocycles. The van der Waals surface area contributed by atoms with Gasteiger partial charge in [0.15, 0.2) is 5.41 Å². The number of esters is 1. The van der Waals surface area contributed by atoms with Crippen LogP contribution in [0, 0.1) is 16.7 Å². The second kappa shape index (κ2) is 5.26. The number of hydrogen-bond acceptors (Lipinski definition) is 4. The summed E-state index contributed by atoms with van der Waals surface area (Å²) in [6.45, 7) is 3.56. The first kappa shape index (κ1) is 12.2. The molecule has 0 N–H and O–H groups in total. The number of pyridine rings is 1. The molecule has 0 fully saturated rings. The predicted molar refractivity (Wildman–Crippen MR) is 58.3 cm³/mol. The monoisotopic (exact) mass is 218 g/mol. The predicted octanol–water partition coefficient (Wildman–Crippen LogP) is 1.72. The van der Waals surface area contributed by atoms with Crippen LogP contribution in [0.25, 0.3) is 0 Å². The Labute approximate surface area is 94.9 Å². The highest BCUT2D eigenvalue weighted by atomic mass is 16.5. The van der Waals surface area contributed by atoms with Gasteiger partial charge in [0.1, 0.15) is 0 Å². The van der Waals surface area contributed by atoms with Crippen LogP contribution in [0.5, 0.6) is 0 Å². The summed E-state index contributed by atoms with van der Waals surface area (Å²) in [4.78, 5) is 15.7. The van der Waals surface area contributed by atoms with Crippen LogP contribution < -0.4 is 0 Å². The lowest BCUT2D eigenvalue weighted by molar-refractivity contribution is -0.151. The molecule has 0 bridgehead atoms. The molecule has 0 spiro atoms. The minimum absolute atomic E-state index is 0.267. The number of hydrogen-bond donors (Lipinski definition) is 0. The lowest BCUT2D eigenvalue weighted by Gasteiger charge is -2.18. The second-order valence-corrected chi connectivity index (χ2v) is 3.66. The van der Waals surface area contributed by atoms with Crippen molar-refractivity contribution in [3.05, 3.63) is 30.1 Å². The van der Waals surface area contributed by atoms with Crippen molar-refractivity contribution in [1.82, 2.24) is 4.98 Å². The van der Waals surface area contributed by atoms with Gasteiger partial charge < -0.3 is 4.74 Å². The Morgan fingerprint density at radius 1 is 1.62 bits per heavy atom. The Bertz CT molecular complexity index is 397.